The van der Waals surface area contributed by atoms with E-state index < -0.39 is 0 Å². The molecule has 1 aromatic rings. The summed E-state index contributed by atoms with van der Waals surface area (Å²) in [5, 5.41) is 12.5. The quantitative estimate of drug-likeness (QED) is 0.768. The molecule has 0 spiro atoms. The maximum Gasteiger partial charge on any atom is 0.237 e. The zero-order chi connectivity index (χ0) is 17.5. The van der Waals surface area contributed by atoms with Gasteiger partial charge in [-0.15, -0.1) is 0 Å². The van der Waals surface area contributed by atoms with Crippen LogP contribution < -0.4 is 10.1 Å². The van der Waals surface area contributed by atoms with Crippen LogP contribution >= 0.6 is 0 Å². The molecule has 0 radical (unpaired) electrons. The molecule has 0 bridgehead atoms. The molecule has 1 saturated heterocycles. The molecule has 1 fully saturated rings. The lowest BCUT2D eigenvalue weighted by Gasteiger charge is -2.37. The highest BCUT2D eigenvalue weighted by Crippen LogP contribution is 2.11. The number of hydrogen-bond donors (Lipinski definition) is 2. The van der Waals surface area contributed by atoms with Gasteiger partial charge < -0.3 is 15.2 Å². The number of aliphatic hydroxyl groups is 1. The average molecular weight is 335 g/mol. The molecule has 1 heterocycles. The van der Waals surface area contributed by atoms with Crippen LogP contribution in [0.1, 0.15) is 19.4 Å². The number of hydrogen-bond acceptors (Lipinski definition) is 5. The SMILES string of the molecule is COc1ccc(CNC(=O)[C@@H](C)N2CCN(C[C@H](C)O)CC2)cc1. The first-order chi connectivity index (χ1) is 11.5. The van der Waals surface area contributed by atoms with Crippen molar-refractivity contribution in [2.75, 3.05) is 39.8 Å². The number of ether oxygens (including phenoxy) is 1. The molecule has 1 aromatic carbocycles. The summed E-state index contributed by atoms with van der Waals surface area (Å²) >= 11 is 0. The Bertz CT molecular complexity index is 511. The Kier molecular flexibility index (Phi) is 7.02. The van der Waals surface area contributed by atoms with Gasteiger partial charge in [0, 0.05) is 39.3 Å². The van der Waals surface area contributed by atoms with Crippen molar-refractivity contribution in [1.29, 1.82) is 0 Å². The first-order valence-electron chi connectivity index (χ1n) is 8.54. The van der Waals surface area contributed by atoms with E-state index in [-0.39, 0.29) is 18.1 Å². The number of carbonyl (C=O) groups is 1. The number of benzene rings is 1. The maximum absolute atomic E-state index is 12.4. The summed E-state index contributed by atoms with van der Waals surface area (Å²) in [6.45, 7) is 8.46. The van der Waals surface area contributed by atoms with Crippen molar-refractivity contribution in [2.24, 2.45) is 0 Å². The van der Waals surface area contributed by atoms with Crippen molar-refractivity contribution in [3.05, 3.63) is 29.8 Å². The van der Waals surface area contributed by atoms with Crippen LogP contribution in [-0.4, -0.2) is 72.8 Å². The molecule has 1 aliphatic heterocycles. The number of rotatable bonds is 7. The van der Waals surface area contributed by atoms with Crippen LogP contribution in [0.3, 0.4) is 0 Å². The number of nitrogens with zero attached hydrogens (tertiary/aromatic N) is 2. The van der Waals surface area contributed by atoms with Crippen LogP contribution in [0.15, 0.2) is 24.3 Å². The van der Waals surface area contributed by atoms with E-state index in [4.69, 9.17) is 4.74 Å². The highest BCUT2D eigenvalue weighted by Gasteiger charge is 2.25. The standard InChI is InChI=1S/C18H29N3O3/c1-14(22)13-20-8-10-21(11-9-20)15(2)18(23)19-12-16-4-6-17(24-3)7-5-16/h4-7,14-15,22H,8-13H2,1-3H3,(H,19,23)/t14-,15+/m0/s1. The third kappa shape index (κ3) is 5.47. The lowest BCUT2D eigenvalue weighted by atomic mass is 10.2. The summed E-state index contributed by atoms with van der Waals surface area (Å²) in [4.78, 5) is 16.8. The van der Waals surface area contributed by atoms with Crippen LogP contribution in [0.4, 0.5) is 0 Å². The lowest BCUT2D eigenvalue weighted by molar-refractivity contribution is -0.126. The van der Waals surface area contributed by atoms with Gasteiger partial charge in [0.25, 0.3) is 0 Å². The van der Waals surface area contributed by atoms with E-state index in [1.54, 1.807) is 7.11 Å². The summed E-state index contributed by atoms with van der Waals surface area (Å²) in [5.74, 6) is 0.864. The molecule has 1 aliphatic rings. The molecule has 0 unspecified atom stereocenters. The zero-order valence-corrected chi connectivity index (χ0v) is 14.9. The zero-order valence-electron chi connectivity index (χ0n) is 14.9. The second kappa shape index (κ2) is 9.01. The summed E-state index contributed by atoms with van der Waals surface area (Å²) in [6, 6.07) is 7.56. The molecule has 134 valence electrons. The van der Waals surface area contributed by atoms with Crippen molar-refractivity contribution >= 4 is 5.91 Å². The van der Waals surface area contributed by atoms with E-state index in [0.29, 0.717) is 13.1 Å². The van der Waals surface area contributed by atoms with Crippen LogP contribution in [0, 0.1) is 0 Å². The number of β-amino-alcohol motifs (C(OH)–C–C–N with tert-alkyl or cyclic N) is 1. The fraction of sp³-hybridized carbons (Fsp3) is 0.611. The van der Waals surface area contributed by atoms with Gasteiger partial charge in [-0.2, -0.15) is 0 Å². The molecule has 0 aromatic heterocycles. The van der Waals surface area contributed by atoms with E-state index in [0.717, 1.165) is 37.5 Å². The number of carbonyl (C=O) groups excluding carboxylic acids is 1. The minimum atomic E-state index is -0.304. The number of methoxy groups -OCH3 is 1. The molecule has 0 aliphatic carbocycles. The predicted octanol–water partition coefficient (Wildman–Crippen LogP) is 0.698. The van der Waals surface area contributed by atoms with E-state index in [9.17, 15) is 9.90 Å². The fourth-order valence-corrected chi connectivity index (χ4v) is 2.95. The molecule has 0 saturated carbocycles. The van der Waals surface area contributed by atoms with E-state index in [1.807, 2.05) is 38.1 Å². The van der Waals surface area contributed by atoms with Gasteiger partial charge in [0.15, 0.2) is 0 Å². The molecule has 2 atom stereocenters. The largest absolute Gasteiger partial charge is 0.497 e. The molecule has 2 rings (SSSR count). The van der Waals surface area contributed by atoms with E-state index >= 15 is 0 Å². The second-order valence-corrected chi connectivity index (χ2v) is 6.43. The van der Waals surface area contributed by atoms with E-state index in [1.165, 1.54) is 0 Å². The minimum absolute atomic E-state index is 0.0507. The van der Waals surface area contributed by atoms with Gasteiger partial charge in [0.05, 0.1) is 19.3 Å². The Morgan fingerprint density at radius 2 is 1.83 bits per heavy atom. The Balaban J connectivity index is 1.75. The van der Waals surface area contributed by atoms with Crippen molar-refractivity contribution < 1.29 is 14.6 Å². The van der Waals surface area contributed by atoms with Gasteiger partial charge in [0.2, 0.25) is 5.91 Å². The van der Waals surface area contributed by atoms with Crippen molar-refractivity contribution in [3.8, 4) is 5.75 Å². The Morgan fingerprint density at radius 1 is 1.21 bits per heavy atom. The Morgan fingerprint density at radius 3 is 2.38 bits per heavy atom. The van der Waals surface area contributed by atoms with Crippen LogP contribution in [-0.2, 0) is 11.3 Å². The normalized spacial score (nSPS) is 18.8. The monoisotopic (exact) mass is 335 g/mol. The van der Waals surface area contributed by atoms with Crippen LogP contribution in [0.25, 0.3) is 0 Å². The smallest absolute Gasteiger partial charge is 0.237 e. The first-order valence-corrected chi connectivity index (χ1v) is 8.54. The maximum atomic E-state index is 12.4. The fourth-order valence-electron chi connectivity index (χ4n) is 2.95. The molecular weight excluding hydrogens is 306 g/mol. The number of nitrogens with one attached hydrogen (secondary N) is 1. The third-order valence-corrected chi connectivity index (χ3v) is 4.48. The highest BCUT2D eigenvalue weighted by atomic mass is 16.5. The molecule has 1 amide bonds. The molecule has 2 N–H and O–H groups in total. The lowest BCUT2D eigenvalue weighted by Crippen LogP contribution is -2.54. The summed E-state index contributed by atoms with van der Waals surface area (Å²) in [5.41, 5.74) is 1.05. The third-order valence-electron chi connectivity index (χ3n) is 4.48. The van der Waals surface area contributed by atoms with Crippen molar-refractivity contribution in [3.63, 3.8) is 0 Å². The van der Waals surface area contributed by atoms with Crippen LogP contribution in [0.5, 0.6) is 5.75 Å². The number of amides is 1. The highest BCUT2D eigenvalue weighted by molar-refractivity contribution is 5.81. The minimum Gasteiger partial charge on any atom is -0.497 e. The first kappa shape index (κ1) is 18.7. The van der Waals surface area contributed by atoms with Gasteiger partial charge >= 0.3 is 0 Å². The molecule has 24 heavy (non-hydrogen) atoms. The van der Waals surface area contributed by atoms with Gasteiger partial charge in [-0.25, -0.2) is 0 Å². The van der Waals surface area contributed by atoms with Crippen LogP contribution in [0.2, 0.25) is 0 Å². The van der Waals surface area contributed by atoms with Gasteiger partial charge in [-0.1, -0.05) is 12.1 Å². The van der Waals surface area contributed by atoms with Gasteiger partial charge in [-0.3, -0.25) is 14.6 Å². The Hall–Kier alpha value is -1.63. The summed E-state index contributed by atoms with van der Waals surface area (Å²) < 4.78 is 5.13. The molecule has 6 nitrogen and oxygen atoms in total. The summed E-state index contributed by atoms with van der Waals surface area (Å²) in [7, 11) is 1.64. The number of piperazine rings is 1. The summed E-state index contributed by atoms with van der Waals surface area (Å²) in [6.07, 6.45) is -0.304. The second-order valence-electron chi connectivity index (χ2n) is 6.43. The van der Waals surface area contributed by atoms with Gasteiger partial charge in [0.1, 0.15) is 5.75 Å². The number of aliphatic hydroxyl groups excluding tert-OH is 1. The van der Waals surface area contributed by atoms with Crippen molar-refractivity contribution in [1.82, 2.24) is 15.1 Å². The van der Waals surface area contributed by atoms with Crippen molar-refractivity contribution in [2.45, 2.75) is 32.5 Å². The molecular formula is C18H29N3O3. The predicted molar refractivity (Wildman–Crippen MR) is 94.0 cm³/mol. The van der Waals surface area contributed by atoms with E-state index in [2.05, 4.69) is 15.1 Å². The average Bonchev–Trinajstić information content (AvgIpc) is 2.59. The topological polar surface area (TPSA) is 65.0 Å². The van der Waals surface area contributed by atoms with Gasteiger partial charge in [-0.05, 0) is 31.5 Å². The Labute approximate surface area is 144 Å². The molecule has 6 heteroatoms.